The highest BCUT2D eigenvalue weighted by Gasteiger charge is 2.55. The van der Waals surface area contributed by atoms with E-state index in [-0.39, 0.29) is 33.5 Å². The molecule has 2 aliphatic heterocycles. The Hall–Kier alpha value is -3.06. The molecule has 4 heterocycles. The van der Waals surface area contributed by atoms with Gasteiger partial charge in [0, 0.05) is 31.5 Å². The molecule has 0 spiro atoms. The van der Waals surface area contributed by atoms with Crippen LogP contribution in [0, 0.1) is 5.82 Å². The van der Waals surface area contributed by atoms with E-state index in [4.69, 9.17) is 23.2 Å². The second kappa shape index (κ2) is 9.60. The molecule has 3 aromatic rings. The molecule has 1 aromatic carbocycles. The molecule has 200 valence electrons. The number of carbonyl (C=O) groups is 2. The van der Waals surface area contributed by atoms with Gasteiger partial charge in [-0.1, -0.05) is 29.3 Å². The van der Waals surface area contributed by atoms with Crippen molar-refractivity contribution in [2.24, 2.45) is 7.05 Å². The number of hydrogen-bond acceptors (Lipinski definition) is 7. The SMILES string of the molecule is Cn1cc(-c2ccc(S(=O)(=O)C3CC(C(=O)O)N(C(=O)C4(c5ncc(Cl)cc5F)CCN4)C3)c(Cl)c2)cn1. The summed E-state index contributed by atoms with van der Waals surface area (Å²) in [4.78, 5) is 30.6. The Morgan fingerprint density at radius 1 is 1.21 bits per heavy atom. The molecular formula is C24H22Cl2FN5O5S. The second-order valence-electron chi connectivity index (χ2n) is 9.33. The Kier molecular flexibility index (Phi) is 6.70. The number of pyridine rings is 1. The van der Waals surface area contributed by atoms with Crippen LogP contribution >= 0.6 is 23.2 Å². The maximum absolute atomic E-state index is 14.8. The highest BCUT2D eigenvalue weighted by atomic mass is 35.5. The maximum atomic E-state index is 14.8. The lowest BCUT2D eigenvalue weighted by Crippen LogP contribution is -2.65. The van der Waals surface area contributed by atoms with Crippen molar-refractivity contribution in [2.75, 3.05) is 13.1 Å². The summed E-state index contributed by atoms with van der Waals surface area (Å²) < 4.78 is 43.6. The Morgan fingerprint density at radius 3 is 2.50 bits per heavy atom. The number of halogens is 3. The van der Waals surface area contributed by atoms with E-state index in [0.29, 0.717) is 12.1 Å². The maximum Gasteiger partial charge on any atom is 0.326 e. The van der Waals surface area contributed by atoms with Gasteiger partial charge in [-0.15, -0.1) is 0 Å². The van der Waals surface area contributed by atoms with Gasteiger partial charge in [-0.25, -0.2) is 17.6 Å². The van der Waals surface area contributed by atoms with Crippen LogP contribution in [0.2, 0.25) is 10.0 Å². The summed E-state index contributed by atoms with van der Waals surface area (Å²) in [6.07, 6.45) is 4.36. The topological polar surface area (TPSA) is 134 Å². The van der Waals surface area contributed by atoms with Crippen LogP contribution in [-0.4, -0.2) is 69.4 Å². The van der Waals surface area contributed by atoms with E-state index >= 15 is 0 Å². The number of carboxylic acids is 1. The number of carboxylic acid groups (broad SMARTS) is 1. The number of rotatable bonds is 6. The lowest BCUT2D eigenvalue weighted by Gasteiger charge is -2.44. The molecule has 2 fully saturated rings. The van der Waals surface area contributed by atoms with Crippen LogP contribution in [0.15, 0.2) is 47.8 Å². The van der Waals surface area contributed by atoms with Gasteiger partial charge >= 0.3 is 5.97 Å². The number of aromatic nitrogens is 3. The van der Waals surface area contributed by atoms with Gasteiger partial charge in [-0.2, -0.15) is 5.10 Å². The van der Waals surface area contributed by atoms with Gasteiger partial charge in [0.05, 0.1) is 26.4 Å². The minimum atomic E-state index is -4.15. The van der Waals surface area contributed by atoms with Crippen LogP contribution in [0.1, 0.15) is 18.5 Å². The number of hydrogen-bond donors (Lipinski definition) is 2. The predicted molar refractivity (Wildman–Crippen MR) is 136 cm³/mol. The Labute approximate surface area is 227 Å². The number of sulfone groups is 1. The number of likely N-dealkylation sites (tertiary alicyclic amines) is 1. The van der Waals surface area contributed by atoms with E-state index in [9.17, 15) is 27.5 Å². The third kappa shape index (κ3) is 4.35. The summed E-state index contributed by atoms with van der Waals surface area (Å²) in [6, 6.07) is 4.03. The van der Waals surface area contributed by atoms with E-state index in [1.807, 2.05) is 0 Å². The average molecular weight is 582 g/mol. The first-order chi connectivity index (χ1) is 17.9. The quantitative estimate of drug-likeness (QED) is 0.453. The number of nitrogens with one attached hydrogen (secondary N) is 1. The van der Waals surface area contributed by atoms with Crippen molar-refractivity contribution < 1.29 is 27.5 Å². The zero-order valence-electron chi connectivity index (χ0n) is 19.9. The van der Waals surface area contributed by atoms with Crippen molar-refractivity contribution in [3.63, 3.8) is 0 Å². The van der Waals surface area contributed by atoms with Gasteiger partial charge in [-0.05, 0) is 43.1 Å². The molecule has 0 bridgehead atoms. The van der Waals surface area contributed by atoms with Crippen LogP contribution in [0.25, 0.3) is 11.1 Å². The van der Waals surface area contributed by atoms with Gasteiger partial charge in [0.25, 0.3) is 0 Å². The summed E-state index contributed by atoms with van der Waals surface area (Å²) in [7, 11) is -2.40. The normalized spacial score (nSPS) is 23.3. The lowest BCUT2D eigenvalue weighted by molar-refractivity contribution is -0.153. The highest BCUT2D eigenvalue weighted by Crippen LogP contribution is 2.39. The zero-order chi connectivity index (χ0) is 27.4. The van der Waals surface area contributed by atoms with E-state index in [0.717, 1.165) is 16.5 Å². The van der Waals surface area contributed by atoms with Gasteiger partial charge in [0.2, 0.25) is 5.91 Å². The fraction of sp³-hybridized carbons (Fsp3) is 0.333. The molecule has 0 radical (unpaired) electrons. The number of carbonyl (C=O) groups excluding carboxylic acids is 1. The van der Waals surface area contributed by atoms with Crippen molar-refractivity contribution >= 4 is 44.9 Å². The molecule has 2 saturated heterocycles. The number of nitrogens with zero attached hydrogens (tertiary/aromatic N) is 4. The van der Waals surface area contributed by atoms with Crippen molar-refractivity contribution in [1.82, 2.24) is 25.0 Å². The third-order valence-corrected chi connectivity index (χ3v) is 9.85. The number of amides is 1. The molecule has 0 saturated carbocycles. The molecule has 3 atom stereocenters. The minimum absolute atomic E-state index is 0.0347. The van der Waals surface area contributed by atoms with E-state index < -0.39 is 50.9 Å². The van der Waals surface area contributed by atoms with Crippen LogP contribution in [-0.2, 0) is 32.0 Å². The third-order valence-electron chi connectivity index (χ3n) is 7.03. The van der Waals surface area contributed by atoms with E-state index in [2.05, 4.69) is 15.4 Å². The zero-order valence-corrected chi connectivity index (χ0v) is 22.3. The summed E-state index contributed by atoms with van der Waals surface area (Å²) in [6.45, 7) is -0.0425. The Morgan fingerprint density at radius 2 is 1.95 bits per heavy atom. The Bertz CT molecular complexity index is 1560. The first kappa shape index (κ1) is 26.5. The second-order valence-corrected chi connectivity index (χ2v) is 12.4. The highest BCUT2D eigenvalue weighted by molar-refractivity contribution is 7.92. The summed E-state index contributed by atoms with van der Waals surface area (Å²) in [5.41, 5.74) is -0.445. The molecule has 3 unspecified atom stereocenters. The summed E-state index contributed by atoms with van der Waals surface area (Å²) >= 11 is 12.2. The van der Waals surface area contributed by atoms with Gasteiger partial charge in [0.15, 0.2) is 9.84 Å². The van der Waals surface area contributed by atoms with Crippen LogP contribution < -0.4 is 5.32 Å². The van der Waals surface area contributed by atoms with Crippen molar-refractivity contribution in [2.45, 2.75) is 34.6 Å². The average Bonchev–Trinajstić information content (AvgIpc) is 3.47. The molecule has 2 aromatic heterocycles. The fourth-order valence-electron chi connectivity index (χ4n) is 4.98. The number of aliphatic carboxylic acids is 1. The number of benzene rings is 1. The van der Waals surface area contributed by atoms with Gasteiger partial charge < -0.3 is 10.0 Å². The van der Waals surface area contributed by atoms with Gasteiger partial charge in [-0.3, -0.25) is 19.8 Å². The first-order valence-corrected chi connectivity index (χ1v) is 13.9. The van der Waals surface area contributed by atoms with Crippen molar-refractivity contribution in [1.29, 1.82) is 0 Å². The van der Waals surface area contributed by atoms with Crippen molar-refractivity contribution in [3.8, 4) is 11.1 Å². The first-order valence-electron chi connectivity index (χ1n) is 11.6. The van der Waals surface area contributed by atoms with Crippen LogP contribution in [0.5, 0.6) is 0 Å². The largest absolute Gasteiger partial charge is 0.480 e. The minimum Gasteiger partial charge on any atom is -0.480 e. The van der Waals surface area contributed by atoms with E-state index in [1.165, 1.54) is 18.3 Å². The van der Waals surface area contributed by atoms with Crippen LogP contribution in [0.4, 0.5) is 4.39 Å². The predicted octanol–water partition coefficient (Wildman–Crippen LogP) is 2.64. The van der Waals surface area contributed by atoms with E-state index in [1.54, 1.807) is 30.2 Å². The van der Waals surface area contributed by atoms with Gasteiger partial charge in [0.1, 0.15) is 23.1 Å². The molecule has 2 aliphatic rings. The fourth-order valence-corrected chi connectivity index (χ4v) is 7.36. The standard InChI is InChI=1S/C24H22Cl2FN5O5S/c1-31-11-14(9-30-31)13-2-3-20(17(26)6-13)38(36,37)16-8-19(22(33)34)32(12-16)23(35)24(4-5-29-24)21-18(27)7-15(25)10-28-21/h2-3,6-7,9-11,16,19,29H,4-5,8,12H2,1H3,(H,33,34). The molecule has 14 heteroatoms. The van der Waals surface area contributed by atoms with Crippen LogP contribution in [0.3, 0.4) is 0 Å². The summed E-state index contributed by atoms with van der Waals surface area (Å²) in [5, 5.41) is 15.6. The number of aryl methyl sites for hydroxylation is 1. The molecule has 10 nitrogen and oxygen atoms in total. The lowest BCUT2D eigenvalue weighted by atomic mass is 9.82. The monoisotopic (exact) mass is 581 g/mol. The molecule has 1 amide bonds. The molecule has 38 heavy (non-hydrogen) atoms. The molecule has 0 aliphatic carbocycles. The molecular weight excluding hydrogens is 560 g/mol. The smallest absolute Gasteiger partial charge is 0.326 e. The Balaban J connectivity index is 1.46. The molecule has 5 rings (SSSR count). The summed E-state index contributed by atoms with van der Waals surface area (Å²) in [5.74, 6) is -2.96. The van der Waals surface area contributed by atoms with Crippen molar-refractivity contribution in [3.05, 3.63) is 64.4 Å². The molecule has 2 N–H and O–H groups in total.